The maximum Gasteiger partial charge on any atom is 0.0979 e. The average Bonchev–Trinajstić information content (AvgIpc) is 3.14. The summed E-state index contributed by atoms with van der Waals surface area (Å²) in [6, 6.07) is 55.5. The predicted octanol–water partition coefficient (Wildman–Crippen LogP) is 11.2. The molecule has 0 saturated heterocycles. The van der Waals surface area contributed by atoms with Gasteiger partial charge in [0.2, 0.25) is 0 Å². The van der Waals surface area contributed by atoms with E-state index in [-0.39, 0.29) is 0 Å². The third-order valence-electron chi connectivity index (χ3n) is 8.89. The largest absolute Gasteiger partial charge is 0.256 e. The molecule has 3 heteroatoms. The van der Waals surface area contributed by atoms with Crippen molar-refractivity contribution >= 4 is 43.5 Å². The summed E-state index contributed by atoms with van der Waals surface area (Å²) in [5.41, 5.74) is 11.4. The molecule has 0 aliphatic carbocycles. The van der Waals surface area contributed by atoms with E-state index in [4.69, 9.17) is 15.0 Å². The lowest BCUT2D eigenvalue weighted by Crippen LogP contribution is -1.96. The van der Waals surface area contributed by atoms with Crippen molar-refractivity contribution < 1.29 is 0 Å². The zero-order valence-corrected chi connectivity index (χ0v) is 24.9. The van der Waals surface area contributed by atoms with Gasteiger partial charge in [0.15, 0.2) is 0 Å². The Morgan fingerprint density at radius 1 is 0.348 bits per heavy atom. The Balaban J connectivity index is 1.24. The Morgan fingerprint density at radius 3 is 1.67 bits per heavy atom. The molecule has 9 rings (SSSR count). The van der Waals surface area contributed by atoms with Crippen LogP contribution in [0.4, 0.5) is 0 Å². The van der Waals surface area contributed by atoms with E-state index in [9.17, 15) is 0 Å². The maximum absolute atomic E-state index is 5.21. The molecule has 0 fully saturated rings. The molecule has 0 aliphatic rings. The highest BCUT2D eigenvalue weighted by atomic mass is 14.8. The molecular formula is C43H27N3. The molecule has 0 aliphatic heterocycles. The van der Waals surface area contributed by atoms with Gasteiger partial charge in [-0.3, -0.25) is 4.98 Å². The van der Waals surface area contributed by atoms with Crippen LogP contribution in [0.3, 0.4) is 0 Å². The molecule has 0 saturated carbocycles. The molecular weight excluding hydrogens is 558 g/mol. The first-order valence-corrected chi connectivity index (χ1v) is 15.5. The van der Waals surface area contributed by atoms with Crippen LogP contribution < -0.4 is 0 Å². The number of para-hydroxylation sites is 2. The molecule has 2 aromatic heterocycles. The van der Waals surface area contributed by atoms with Gasteiger partial charge in [-0.1, -0.05) is 127 Å². The average molecular weight is 586 g/mol. The molecule has 0 N–H and O–H groups in total. The summed E-state index contributed by atoms with van der Waals surface area (Å²) in [7, 11) is 0. The van der Waals surface area contributed by atoms with Crippen LogP contribution in [0.1, 0.15) is 0 Å². The molecule has 0 bridgehead atoms. The van der Waals surface area contributed by atoms with Crippen molar-refractivity contribution in [2.24, 2.45) is 0 Å². The third kappa shape index (κ3) is 4.33. The van der Waals surface area contributed by atoms with Gasteiger partial charge in [-0.15, -0.1) is 0 Å². The monoisotopic (exact) mass is 585 g/mol. The van der Waals surface area contributed by atoms with Gasteiger partial charge in [-0.2, -0.15) is 0 Å². The van der Waals surface area contributed by atoms with Gasteiger partial charge in [0, 0.05) is 28.1 Å². The summed E-state index contributed by atoms with van der Waals surface area (Å²) < 4.78 is 0. The Morgan fingerprint density at radius 2 is 0.913 bits per heavy atom. The molecule has 0 spiro atoms. The zero-order chi connectivity index (χ0) is 30.5. The number of rotatable bonds is 4. The molecule has 0 atom stereocenters. The smallest absolute Gasteiger partial charge is 0.0979 e. The minimum absolute atomic E-state index is 0.885. The molecule has 214 valence electrons. The van der Waals surface area contributed by atoms with Gasteiger partial charge in [0.1, 0.15) is 0 Å². The third-order valence-corrected chi connectivity index (χ3v) is 8.89. The second-order valence-corrected chi connectivity index (χ2v) is 11.6. The lowest BCUT2D eigenvalue weighted by atomic mass is 9.90. The number of hydrogen-bond acceptors (Lipinski definition) is 3. The quantitative estimate of drug-likeness (QED) is 0.193. The minimum atomic E-state index is 0.885. The first-order chi connectivity index (χ1) is 22.8. The van der Waals surface area contributed by atoms with Crippen molar-refractivity contribution in [3.05, 3.63) is 164 Å². The summed E-state index contributed by atoms with van der Waals surface area (Å²) in [4.78, 5) is 15.1. The van der Waals surface area contributed by atoms with E-state index in [1.54, 1.807) is 0 Å². The fourth-order valence-electron chi connectivity index (χ4n) is 6.75. The molecule has 7 aromatic carbocycles. The molecule has 3 nitrogen and oxygen atoms in total. The predicted molar refractivity (Wildman–Crippen MR) is 192 cm³/mol. The van der Waals surface area contributed by atoms with Gasteiger partial charge >= 0.3 is 0 Å². The highest BCUT2D eigenvalue weighted by Gasteiger charge is 2.18. The first kappa shape index (κ1) is 26.2. The van der Waals surface area contributed by atoms with E-state index in [1.807, 2.05) is 42.6 Å². The van der Waals surface area contributed by atoms with Crippen molar-refractivity contribution in [3.63, 3.8) is 0 Å². The van der Waals surface area contributed by atoms with Crippen molar-refractivity contribution in [3.8, 4) is 44.8 Å². The van der Waals surface area contributed by atoms with E-state index in [2.05, 4.69) is 121 Å². The van der Waals surface area contributed by atoms with Crippen LogP contribution in [-0.2, 0) is 0 Å². The number of nitrogens with zero attached hydrogens (tertiary/aromatic N) is 3. The van der Waals surface area contributed by atoms with Gasteiger partial charge in [0.25, 0.3) is 0 Å². The van der Waals surface area contributed by atoms with Crippen LogP contribution in [0.5, 0.6) is 0 Å². The zero-order valence-electron chi connectivity index (χ0n) is 24.9. The molecule has 0 radical (unpaired) electrons. The molecule has 46 heavy (non-hydrogen) atoms. The minimum Gasteiger partial charge on any atom is -0.256 e. The lowest BCUT2D eigenvalue weighted by molar-refractivity contribution is 1.30. The van der Waals surface area contributed by atoms with E-state index in [1.165, 1.54) is 38.4 Å². The Kier molecular flexibility index (Phi) is 6.14. The van der Waals surface area contributed by atoms with Crippen LogP contribution in [0.25, 0.3) is 88.2 Å². The number of benzene rings is 7. The van der Waals surface area contributed by atoms with Crippen LogP contribution in [0.2, 0.25) is 0 Å². The first-order valence-electron chi connectivity index (χ1n) is 15.5. The molecule has 9 aromatic rings. The topological polar surface area (TPSA) is 38.7 Å². The fourth-order valence-corrected chi connectivity index (χ4v) is 6.75. The van der Waals surface area contributed by atoms with Crippen molar-refractivity contribution in [2.75, 3.05) is 0 Å². The normalized spacial score (nSPS) is 11.5. The maximum atomic E-state index is 5.21. The van der Waals surface area contributed by atoms with Crippen molar-refractivity contribution in [1.29, 1.82) is 0 Å². The van der Waals surface area contributed by atoms with Crippen molar-refractivity contribution in [1.82, 2.24) is 15.0 Å². The highest BCUT2D eigenvalue weighted by molar-refractivity contribution is 6.12. The summed E-state index contributed by atoms with van der Waals surface area (Å²) in [6.07, 6.45) is 1.87. The van der Waals surface area contributed by atoms with Crippen molar-refractivity contribution in [2.45, 2.75) is 0 Å². The van der Waals surface area contributed by atoms with E-state index in [0.29, 0.717) is 0 Å². The Hall–Kier alpha value is -6.19. The van der Waals surface area contributed by atoms with E-state index in [0.717, 1.165) is 49.8 Å². The van der Waals surface area contributed by atoms with E-state index >= 15 is 0 Å². The van der Waals surface area contributed by atoms with Gasteiger partial charge in [0.05, 0.1) is 27.9 Å². The van der Waals surface area contributed by atoms with Gasteiger partial charge < -0.3 is 0 Å². The standard InChI is InChI=1S/C43H27N3/c1-2-12-28(13-3-1)42-43(46-40-22-9-8-21-39(40)45-42)37-24-23-32(33-17-4-5-18-34(33)37)29-14-10-15-30(26-29)38-27-31-16-11-25-44-41(31)36-20-7-6-19-35(36)38/h1-27H. The number of pyridine rings is 1. The van der Waals surface area contributed by atoms with Gasteiger partial charge in [-0.05, 0) is 68.7 Å². The summed E-state index contributed by atoms with van der Waals surface area (Å²) in [5, 5.41) is 5.84. The SMILES string of the molecule is c1ccc(-c2nc3ccccc3nc2-c2ccc(-c3cccc(-c4cc5cccnc5c5ccccc45)c3)c3ccccc23)cc1. The summed E-state index contributed by atoms with van der Waals surface area (Å²) >= 11 is 0. The number of fused-ring (bicyclic) bond motifs is 5. The van der Waals surface area contributed by atoms with Crippen LogP contribution in [0.15, 0.2) is 164 Å². The highest BCUT2D eigenvalue weighted by Crippen LogP contribution is 2.41. The van der Waals surface area contributed by atoms with Crippen LogP contribution in [0, 0.1) is 0 Å². The molecule has 0 unspecified atom stereocenters. The summed E-state index contributed by atoms with van der Waals surface area (Å²) in [6.45, 7) is 0. The van der Waals surface area contributed by atoms with Crippen LogP contribution >= 0.6 is 0 Å². The number of aromatic nitrogens is 3. The number of hydrogen-bond donors (Lipinski definition) is 0. The Labute approximate surface area is 266 Å². The second-order valence-electron chi connectivity index (χ2n) is 11.6. The van der Waals surface area contributed by atoms with Crippen LogP contribution in [-0.4, -0.2) is 15.0 Å². The summed E-state index contributed by atoms with van der Waals surface area (Å²) in [5.74, 6) is 0. The molecule has 0 amide bonds. The second kappa shape index (κ2) is 10.8. The van der Waals surface area contributed by atoms with Gasteiger partial charge in [-0.25, -0.2) is 9.97 Å². The molecule has 2 heterocycles. The fraction of sp³-hybridized carbons (Fsp3) is 0. The Bertz CT molecular complexity index is 2590. The lowest BCUT2D eigenvalue weighted by Gasteiger charge is -2.16. The van der Waals surface area contributed by atoms with E-state index < -0.39 is 0 Å².